The molecule has 0 aliphatic heterocycles. The summed E-state index contributed by atoms with van der Waals surface area (Å²) in [6.45, 7) is 1.89. The zero-order valence-electron chi connectivity index (χ0n) is 16.2. The molecule has 1 aliphatic carbocycles. The predicted octanol–water partition coefficient (Wildman–Crippen LogP) is 4.21. The molecule has 0 amide bonds. The molecule has 2 N–H and O–H groups in total. The molecule has 0 saturated heterocycles. The number of halogens is 2. The molecule has 0 bridgehead atoms. The molecule has 154 valence electrons. The van der Waals surface area contributed by atoms with Crippen molar-refractivity contribution in [1.82, 2.24) is 0 Å². The van der Waals surface area contributed by atoms with Crippen LogP contribution in [0.2, 0.25) is 0 Å². The summed E-state index contributed by atoms with van der Waals surface area (Å²) in [5, 5.41) is 0. The molecule has 3 rings (SSSR count). The SMILES string of the molecule is CCCS(=O)(=O)CCc1ccc2c(c1)C(Cc1ccc(F)cc1)C(N)CC2.Cl. The molecule has 2 aromatic rings. The summed E-state index contributed by atoms with van der Waals surface area (Å²) in [5.74, 6) is 0.374. The van der Waals surface area contributed by atoms with Crippen LogP contribution in [0.1, 0.15) is 47.9 Å². The highest BCUT2D eigenvalue weighted by Gasteiger charge is 2.27. The first-order chi connectivity index (χ1) is 12.9. The fourth-order valence-electron chi connectivity index (χ4n) is 3.95. The zero-order chi connectivity index (χ0) is 19.4. The Kier molecular flexibility index (Phi) is 8.05. The molecule has 0 fully saturated rings. The number of benzene rings is 2. The van der Waals surface area contributed by atoms with Gasteiger partial charge < -0.3 is 5.73 Å². The van der Waals surface area contributed by atoms with Crippen molar-refractivity contribution in [3.05, 3.63) is 70.5 Å². The van der Waals surface area contributed by atoms with Crippen molar-refractivity contribution >= 4 is 22.2 Å². The summed E-state index contributed by atoms with van der Waals surface area (Å²) in [6, 6.07) is 13.0. The number of sulfone groups is 1. The Morgan fingerprint density at radius 3 is 2.43 bits per heavy atom. The monoisotopic (exact) mass is 425 g/mol. The van der Waals surface area contributed by atoms with Crippen molar-refractivity contribution in [1.29, 1.82) is 0 Å². The Bertz CT molecular complexity index is 884. The van der Waals surface area contributed by atoms with Crippen LogP contribution >= 0.6 is 12.4 Å². The highest BCUT2D eigenvalue weighted by molar-refractivity contribution is 7.91. The molecule has 0 saturated carbocycles. The summed E-state index contributed by atoms with van der Waals surface area (Å²) in [5.41, 5.74) is 11.1. The van der Waals surface area contributed by atoms with Gasteiger partial charge in [-0.05, 0) is 66.5 Å². The van der Waals surface area contributed by atoms with E-state index in [2.05, 4.69) is 12.1 Å². The van der Waals surface area contributed by atoms with Gasteiger partial charge in [0, 0.05) is 17.7 Å². The maximum atomic E-state index is 13.2. The second-order valence-corrected chi connectivity index (χ2v) is 9.88. The molecule has 1 aliphatic rings. The summed E-state index contributed by atoms with van der Waals surface area (Å²) in [6.07, 6.45) is 3.84. The van der Waals surface area contributed by atoms with Crippen LogP contribution in [0.15, 0.2) is 42.5 Å². The van der Waals surface area contributed by atoms with Crippen LogP contribution in [0.4, 0.5) is 4.39 Å². The second-order valence-electron chi connectivity index (χ2n) is 7.57. The normalized spacial score (nSPS) is 19.0. The van der Waals surface area contributed by atoms with E-state index in [0.717, 1.165) is 30.4 Å². The van der Waals surface area contributed by atoms with E-state index in [1.54, 1.807) is 0 Å². The Morgan fingerprint density at radius 1 is 1.07 bits per heavy atom. The predicted molar refractivity (Wildman–Crippen MR) is 115 cm³/mol. The Balaban J connectivity index is 0.00000280. The number of fused-ring (bicyclic) bond motifs is 1. The third-order valence-corrected chi connectivity index (χ3v) is 7.32. The lowest BCUT2D eigenvalue weighted by molar-refractivity contribution is 0.467. The van der Waals surface area contributed by atoms with Gasteiger partial charge in [0.2, 0.25) is 0 Å². The lowest BCUT2D eigenvalue weighted by Gasteiger charge is -2.32. The molecular formula is C22H29ClFNO2S. The number of hydrogen-bond acceptors (Lipinski definition) is 3. The van der Waals surface area contributed by atoms with E-state index in [1.807, 2.05) is 25.1 Å². The van der Waals surface area contributed by atoms with Gasteiger partial charge in [-0.1, -0.05) is 37.3 Å². The highest BCUT2D eigenvalue weighted by Crippen LogP contribution is 2.34. The maximum Gasteiger partial charge on any atom is 0.150 e. The molecule has 0 spiro atoms. The standard InChI is InChI=1S/C22H28FNO2S.ClH/c1-2-12-27(25,26)13-11-17-3-6-18-7-10-22(24)21(20(18)14-17)15-16-4-8-19(23)9-5-16;/h3-6,8-9,14,21-22H,2,7,10-13,15,24H2,1H3;1H. The van der Waals surface area contributed by atoms with Crippen molar-refractivity contribution in [2.24, 2.45) is 5.73 Å². The van der Waals surface area contributed by atoms with E-state index in [0.29, 0.717) is 12.8 Å². The summed E-state index contributed by atoms with van der Waals surface area (Å²) in [7, 11) is -2.99. The van der Waals surface area contributed by atoms with Crippen molar-refractivity contribution in [2.75, 3.05) is 11.5 Å². The van der Waals surface area contributed by atoms with Crippen LogP contribution in [0, 0.1) is 5.82 Å². The number of hydrogen-bond donors (Lipinski definition) is 1. The van der Waals surface area contributed by atoms with Crippen LogP contribution in [0.5, 0.6) is 0 Å². The van der Waals surface area contributed by atoms with E-state index in [9.17, 15) is 12.8 Å². The van der Waals surface area contributed by atoms with Gasteiger partial charge in [0.25, 0.3) is 0 Å². The summed E-state index contributed by atoms with van der Waals surface area (Å²) >= 11 is 0. The van der Waals surface area contributed by atoms with Gasteiger partial charge in [0.15, 0.2) is 9.84 Å². The lowest BCUT2D eigenvalue weighted by atomic mass is 9.76. The maximum absolute atomic E-state index is 13.2. The van der Waals surface area contributed by atoms with Gasteiger partial charge in [-0.3, -0.25) is 0 Å². The summed E-state index contributed by atoms with van der Waals surface area (Å²) < 4.78 is 37.3. The minimum absolute atomic E-state index is 0. The topological polar surface area (TPSA) is 60.2 Å². The van der Waals surface area contributed by atoms with E-state index in [1.165, 1.54) is 23.3 Å². The van der Waals surface area contributed by atoms with Crippen molar-refractivity contribution in [3.8, 4) is 0 Å². The zero-order valence-corrected chi connectivity index (χ0v) is 17.9. The molecule has 3 nitrogen and oxygen atoms in total. The van der Waals surface area contributed by atoms with Gasteiger partial charge in [0.1, 0.15) is 5.82 Å². The van der Waals surface area contributed by atoms with Crippen molar-refractivity contribution < 1.29 is 12.8 Å². The van der Waals surface area contributed by atoms with E-state index < -0.39 is 9.84 Å². The van der Waals surface area contributed by atoms with Gasteiger partial charge >= 0.3 is 0 Å². The minimum atomic E-state index is -2.99. The largest absolute Gasteiger partial charge is 0.327 e. The van der Waals surface area contributed by atoms with E-state index in [-0.39, 0.29) is 41.7 Å². The third kappa shape index (κ3) is 5.79. The molecule has 0 radical (unpaired) electrons. The van der Waals surface area contributed by atoms with E-state index >= 15 is 0 Å². The van der Waals surface area contributed by atoms with Crippen LogP contribution in [0.25, 0.3) is 0 Å². The molecule has 0 heterocycles. The van der Waals surface area contributed by atoms with Crippen LogP contribution < -0.4 is 5.73 Å². The molecule has 2 unspecified atom stereocenters. The smallest absolute Gasteiger partial charge is 0.150 e. The van der Waals surface area contributed by atoms with Crippen molar-refractivity contribution in [2.45, 2.75) is 51.0 Å². The molecule has 28 heavy (non-hydrogen) atoms. The van der Waals surface area contributed by atoms with Crippen molar-refractivity contribution in [3.63, 3.8) is 0 Å². The average molecular weight is 426 g/mol. The molecule has 2 atom stereocenters. The Labute approximate surface area is 173 Å². The third-order valence-electron chi connectivity index (χ3n) is 5.46. The highest BCUT2D eigenvalue weighted by atomic mass is 35.5. The molecular weight excluding hydrogens is 397 g/mol. The first kappa shape index (κ1) is 22.9. The molecule has 0 aromatic heterocycles. The fourth-order valence-corrected chi connectivity index (χ4v) is 5.32. The number of aryl methyl sites for hydroxylation is 2. The molecule has 2 aromatic carbocycles. The first-order valence-corrected chi connectivity index (χ1v) is 11.5. The van der Waals surface area contributed by atoms with Crippen LogP contribution in [0.3, 0.4) is 0 Å². The fraction of sp³-hybridized carbons (Fsp3) is 0.455. The van der Waals surface area contributed by atoms with Gasteiger partial charge in [-0.2, -0.15) is 0 Å². The minimum Gasteiger partial charge on any atom is -0.327 e. The Hall–Kier alpha value is -1.43. The second kappa shape index (κ2) is 9.86. The summed E-state index contributed by atoms with van der Waals surface area (Å²) in [4.78, 5) is 0. The van der Waals surface area contributed by atoms with Crippen LogP contribution in [-0.2, 0) is 29.1 Å². The average Bonchev–Trinajstić information content (AvgIpc) is 2.64. The van der Waals surface area contributed by atoms with E-state index in [4.69, 9.17) is 5.73 Å². The van der Waals surface area contributed by atoms with Gasteiger partial charge in [-0.25, -0.2) is 12.8 Å². The Morgan fingerprint density at radius 2 is 1.75 bits per heavy atom. The van der Waals surface area contributed by atoms with Gasteiger partial charge in [0.05, 0.1) is 5.75 Å². The molecule has 6 heteroatoms. The van der Waals surface area contributed by atoms with Crippen LogP contribution in [-0.4, -0.2) is 26.0 Å². The lowest BCUT2D eigenvalue weighted by Crippen LogP contribution is -2.34. The number of nitrogens with two attached hydrogens (primary N) is 1. The van der Waals surface area contributed by atoms with Gasteiger partial charge in [-0.15, -0.1) is 12.4 Å². The number of rotatable bonds is 7. The quantitative estimate of drug-likeness (QED) is 0.722. The first-order valence-electron chi connectivity index (χ1n) is 9.70.